The van der Waals surface area contributed by atoms with Crippen molar-refractivity contribution in [2.24, 2.45) is 5.92 Å². The van der Waals surface area contributed by atoms with Crippen LogP contribution < -0.4 is 4.72 Å². The molecule has 128 valence electrons. The predicted molar refractivity (Wildman–Crippen MR) is 97.9 cm³/mol. The number of hydrogen-bond donors (Lipinski definition) is 1. The summed E-state index contributed by atoms with van der Waals surface area (Å²) >= 11 is 0. The van der Waals surface area contributed by atoms with Gasteiger partial charge in [-0.15, -0.1) is 0 Å². The monoisotopic (exact) mass is 354 g/mol. The zero-order valence-corrected chi connectivity index (χ0v) is 14.5. The third-order valence-corrected chi connectivity index (χ3v) is 5.76. The first-order valence-corrected chi connectivity index (χ1v) is 9.45. The zero-order chi connectivity index (χ0) is 17.9. The highest BCUT2D eigenvalue weighted by molar-refractivity contribution is 7.93. The van der Waals surface area contributed by atoms with E-state index in [1.807, 2.05) is 25.1 Å². The number of ketones is 1. The second-order valence-corrected chi connectivity index (χ2v) is 7.68. The van der Waals surface area contributed by atoms with E-state index in [0.29, 0.717) is 5.56 Å². The maximum Gasteiger partial charge on any atom is 0.240 e. The number of sulfonamides is 1. The Morgan fingerprint density at radius 1 is 1.00 bits per heavy atom. The fourth-order valence-electron chi connectivity index (χ4n) is 2.65. The van der Waals surface area contributed by atoms with Gasteiger partial charge in [0, 0.05) is 5.56 Å². The SMILES string of the molecule is CC1C=CC=CC1S(=O)(=O)Nc1cccc(C(=O)c2ccccc2)n1. The minimum absolute atomic E-state index is 0.136. The average Bonchev–Trinajstić information content (AvgIpc) is 2.62. The Balaban J connectivity index is 1.84. The van der Waals surface area contributed by atoms with Gasteiger partial charge in [0.1, 0.15) is 16.8 Å². The van der Waals surface area contributed by atoms with Crippen LogP contribution in [0.2, 0.25) is 0 Å². The molecular formula is C19H18N2O3S. The standard InChI is InChI=1S/C19H18N2O3S/c1-14-8-5-6-12-17(14)25(23,24)21-18-13-7-11-16(20-18)19(22)15-9-3-2-4-10-15/h2-14,17H,1H3,(H,20,21). The first-order chi connectivity index (χ1) is 12.0. The van der Waals surface area contributed by atoms with Crippen molar-refractivity contribution in [3.8, 4) is 0 Å². The summed E-state index contributed by atoms with van der Waals surface area (Å²) in [6.07, 6.45) is 7.03. The van der Waals surface area contributed by atoms with E-state index >= 15 is 0 Å². The number of pyridine rings is 1. The molecule has 2 aromatic rings. The molecule has 25 heavy (non-hydrogen) atoms. The van der Waals surface area contributed by atoms with E-state index in [2.05, 4.69) is 9.71 Å². The number of rotatable bonds is 5. The molecule has 1 N–H and O–H groups in total. The minimum Gasteiger partial charge on any atom is -0.287 e. The molecule has 0 aliphatic heterocycles. The summed E-state index contributed by atoms with van der Waals surface area (Å²) in [4.78, 5) is 16.6. The van der Waals surface area contributed by atoms with Crippen LogP contribution in [-0.4, -0.2) is 24.4 Å². The molecule has 0 amide bonds. The Morgan fingerprint density at radius 3 is 2.44 bits per heavy atom. The molecular weight excluding hydrogens is 336 g/mol. The lowest BCUT2D eigenvalue weighted by atomic mass is 10.0. The van der Waals surface area contributed by atoms with Crippen LogP contribution in [0.3, 0.4) is 0 Å². The molecule has 2 unspecified atom stereocenters. The van der Waals surface area contributed by atoms with Crippen LogP contribution in [0.1, 0.15) is 23.0 Å². The zero-order valence-electron chi connectivity index (χ0n) is 13.7. The molecule has 6 heteroatoms. The number of carbonyl (C=O) groups excluding carboxylic acids is 1. The molecule has 1 aliphatic rings. The van der Waals surface area contributed by atoms with Crippen molar-refractivity contribution in [2.75, 3.05) is 4.72 Å². The van der Waals surface area contributed by atoms with Crippen molar-refractivity contribution < 1.29 is 13.2 Å². The minimum atomic E-state index is -3.65. The number of nitrogens with zero attached hydrogens (tertiary/aromatic N) is 1. The van der Waals surface area contributed by atoms with Gasteiger partial charge in [0.25, 0.3) is 0 Å². The van der Waals surface area contributed by atoms with E-state index in [-0.39, 0.29) is 23.2 Å². The van der Waals surface area contributed by atoms with Crippen LogP contribution in [0.15, 0.2) is 72.8 Å². The second kappa shape index (κ2) is 7.03. The fraction of sp³-hybridized carbons (Fsp3) is 0.158. The van der Waals surface area contributed by atoms with E-state index in [0.717, 1.165) is 0 Å². The van der Waals surface area contributed by atoms with Gasteiger partial charge in [0.2, 0.25) is 15.8 Å². The summed E-state index contributed by atoms with van der Waals surface area (Å²) < 4.78 is 27.7. The highest BCUT2D eigenvalue weighted by Crippen LogP contribution is 2.21. The lowest BCUT2D eigenvalue weighted by Crippen LogP contribution is -2.32. The number of hydrogen-bond acceptors (Lipinski definition) is 4. The van der Waals surface area contributed by atoms with Crippen LogP contribution in [0.25, 0.3) is 0 Å². The first kappa shape index (κ1) is 17.1. The van der Waals surface area contributed by atoms with Crippen molar-refractivity contribution >= 4 is 21.6 Å². The lowest BCUT2D eigenvalue weighted by molar-refractivity contribution is 0.103. The summed E-state index contributed by atoms with van der Waals surface area (Å²) in [5.41, 5.74) is 0.697. The molecule has 0 bridgehead atoms. The molecule has 1 aromatic heterocycles. The Labute approximate surface area is 147 Å². The maximum absolute atomic E-state index is 12.6. The first-order valence-electron chi connectivity index (χ1n) is 7.91. The van der Waals surface area contributed by atoms with Crippen LogP contribution in [-0.2, 0) is 10.0 Å². The van der Waals surface area contributed by atoms with Gasteiger partial charge in [-0.05, 0) is 18.1 Å². The summed E-state index contributed by atoms with van der Waals surface area (Å²) in [7, 11) is -3.65. The number of allylic oxidation sites excluding steroid dienone is 3. The van der Waals surface area contributed by atoms with Gasteiger partial charge in [-0.25, -0.2) is 13.4 Å². The molecule has 5 nitrogen and oxygen atoms in total. The molecule has 1 heterocycles. The molecule has 0 saturated heterocycles. The molecule has 3 rings (SSSR count). The van der Waals surface area contributed by atoms with E-state index in [4.69, 9.17) is 0 Å². The summed E-state index contributed by atoms with van der Waals surface area (Å²) in [5, 5.41) is -0.673. The molecule has 0 radical (unpaired) electrons. The molecule has 0 saturated carbocycles. The molecule has 0 spiro atoms. The number of nitrogens with one attached hydrogen (secondary N) is 1. The van der Waals surface area contributed by atoms with Crippen molar-refractivity contribution in [3.63, 3.8) is 0 Å². The van der Waals surface area contributed by atoms with Gasteiger partial charge < -0.3 is 0 Å². The quantitative estimate of drug-likeness (QED) is 0.837. The largest absolute Gasteiger partial charge is 0.287 e. The highest BCUT2D eigenvalue weighted by atomic mass is 32.2. The van der Waals surface area contributed by atoms with E-state index in [1.165, 1.54) is 6.07 Å². The second-order valence-electron chi connectivity index (χ2n) is 5.84. The van der Waals surface area contributed by atoms with Gasteiger partial charge >= 0.3 is 0 Å². The van der Waals surface area contributed by atoms with Crippen molar-refractivity contribution in [1.29, 1.82) is 0 Å². The third kappa shape index (κ3) is 3.85. The van der Waals surface area contributed by atoms with Gasteiger partial charge in [-0.2, -0.15) is 0 Å². The fourth-order valence-corrected chi connectivity index (χ4v) is 4.15. The molecule has 1 aromatic carbocycles. The third-order valence-electron chi connectivity index (χ3n) is 3.97. The van der Waals surface area contributed by atoms with Gasteiger partial charge in [-0.1, -0.05) is 67.6 Å². The predicted octanol–water partition coefficient (Wildman–Crippen LogP) is 3.19. The summed E-state index contributed by atoms with van der Waals surface area (Å²) in [6.45, 7) is 1.84. The Morgan fingerprint density at radius 2 is 1.72 bits per heavy atom. The van der Waals surface area contributed by atoms with E-state index in [1.54, 1.807) is 48.6 Å². The Bertz CT molecular complexity index is 934. The smallest absolute Gasteiger partial charge is 0.240 e. The van der Waals surface area contributed by atoms with Gasteiger partial charge in [0.05, 0.1) is 0 Å². The number of anilines is 1. The van der Waals surface area contributed by atoms with Gasteiger partial charge in [0.15, 0.2) is 0 Å². The van der Waals surface area contributed by atoms with Crippen molar-refractivity contribution in [2.45, 2.75) is 12.2 Å². The Hall–Kier alpha value is -2.73. The van der Waals surface area contributed by atoms with Crippen molar-refractivity contribution in [1.82, 2.24) is 4.98 Å². The number of carbonyl (C=O) groups is 1. The van der Waals surface area contributed by atoms with Crippen LogP contribution in [0, 0.1) is 5.92 Å². The van der Waals surface area contributed by atoms with Crippen LogP contribution >= 0.6 is 0 Å². The van der Waals surface area contributed by atoms with Crippen molar-refractivity contribution in [3.05, 3.63) is 84.1 Å². The topological polar surface area (TPSA) is 76.1 Å². The molecule has 1 aliphatic carbocycles. The van der Waals surface area contributed by atoms with E-state index < -0.39 is 15.3 Å². The highest BCUT2D eigenvalue weighted by Gasteiger charge is 2.29. The molecule has 2 atom stereocenters. The Kier molecular flexibility index (Phi) is 4.81. The number of benzene rings is 1. The number of aromatic nitrogens is 1. The normalized spacial score (nSPS) is 19.6. The maximum atomic E-state index is 12.6. The average molecular weight is 354 g/mol. The summed E-state index contributed by atoms with van der Waals surface area (Å²) in [5.74, 6) is -0.260. The van der Waals surface area contributed by atoms with E-state index in [9.17, 15) is 13.2 Å². The summed E-state index contributed by atoms with van der Waals surface area (Å²) in [6, 6.07) is 13.5. The van der Waals surface area contributed by atoms with Crippen LogP contribution in [0.5, 0.6) is 0 Å². The molecule has 0 fully saturated rings. The van der Waals surface area contributed by atoms with Crippen LogP contribution in [0.4, 0.5) is 5.82 Å². The lowest BCUT2D eigenvalue weighted by Gasteiger charge is -2.21. The van der Waals surface area contributed by atoms with Gasteiger partial charge in [-0.3, -0.25) is 9.52 Å².